The quantitative estimate of drug-likeness (QED) is 0.478. The smallest absolute Gasteiger partial charge is 0.0339 e. The second kappa shape index (κ2) is 5.71. The monoisotopic (exact) mass is 248 g/mol. The van der Waals surface area contributed by atoms with Gasteiger partial charge in [-0.05, 0) is 37.8 Å². The number of rotatable bonds is 5. The van der Waals surface area contributed by atoms with Crippen molar-refractivity contribution in [2.75, 3.05) is 0 Å². The van der Waals surface area contributed by atoms with Gasteiger partial charge in [-0.2, -0.15) is 0 Å². The molecule has 2 unspecified atom stereocenters. The van der Waals surface area contributed by atoms with Crippen LogP contribution in [-0.4, -0.2) is 11.3 Å². The predicted molar refractivity (Wildman–Crippen MR) is 75.0 cm³/mol. The highest BCUT2D eigenvalue weighted by Crippen LogP contribution is 2.39. The fraction of sp³-hybridized carbons (Fsp3) is 0.429. The molecule has 3 heteroatoms. The lowest BCUT2D eigenvalue weighted by molar-refractivity contribution is 0.477. The van der Waals surface area contributed by atoms with Gasteiger partial charge in [0.1, 0.15) is 0 Å². The molecule has 0 amide bonds. The molecule has 0 spiro atoms. The van der Waals surface area contributed by atoms with Crippen LogP contribution in [0.25, 0.3) is 0 Å². The van der Waals surface area contributed by atoms with Gasteiger partial charge in [0.15, 0.2) is 0 Å². The standard InChI is InChI=1S/C14H20N2S/c1-10(2)7-8-12(16-15)14-9-11-5-3-4-6-13(11)17-14/h3-6,12,14,16H,1,7-9,15H2,2H3. The van der Waals surface area contributed by atoms with E-state index in [0.717, 1.165) is 19.3 Å². The van der Waals surface area contributed by atoms with Crippen LogP contribution < -0.4 is 11.3 Å². The van der Waals surface area contributed by atoms with Crippen LogP contribution in [0.3, 0.4) is 0 Å². The molecule has 0 saturated heterocycles. The zero-order valence-corrected chi connectivity index (χ0v) is 11.1. The number of thioether (sulfide) groups is 1. The lowest BCUT2D eigenvalue weighted by Gasteiger charge is -2.21. The Balaban J connectivity index is 1.97. The van der Waals surface area contributed by atoms with Crippen LogP contribution >= 0.6 is 11.8 Å². The molecule has 0 radical (unpaired) electrons. The van der Waals surface area contributed by atoms with Crippen molar-refractivity contribution in [3.05, 3.63) is 42.0 Å². The van der Waals surface area contributed by atoms with Gasteiger partial charge in [-0.15, -0.1) is 18.3 Å². The van der Waals surface area contributed by atoms with Crippen LogP contribution in [0.2, 0.25) is 0 Å². The van der Waals surface area contributed by atoms with E-state index in [2.05, 4.69) is 43.2 Å². The molecule has 1 aliphatic heterocycles. The van der Waals surface area contributed by atoms with Crippen molar-refractivity contribution < 1.29 is 0 Å². The molecule has 92 valence electrons. The van der Waals surface area contributed by atoms with Crippen molar-refractivity contribution >= 4 is 11.8 Å². The van der Waals surface area contributed by atoms with E-state index >= 15 is 0 Å². The molecule has 2 rings (SSSR count). The summed E-state index contributed by atoms with van der Waals surface area (Å²) in [7, 11) is 0. The number of benzene rings is 1. The van der Waals surface area contributed by atoms with Gasteiger partial charge in [0.05, 0.1) is 0 Å². The molecule has 1 heterocycles. The number of allylic oxidation sites excluding steroid dienone is 1. The van der Waals surface area contributed by atoms with Gasteiger partial charge < -0.3 is 0 Å². The lowest BCUT2D eigenvalue weighted by Crippen LogP contribution is -2.42. The van der Waals surface area contributed by atoms with Crippen molar-refractivity contribution in [1.29, 1.82) is 0 Å². The highest BCUT2D eigenvalue weighted by Gasteiger charge is 2.28. The van der Waals surface area contributed by atoms with E-state index in [1.807, 2.05) is 11.8 Å². The van der Waals surface area contributed by atoms with Gasteiger partial charge in [-0.1, -0.05) is 23.8 Å². The molecular weight excluding hydrogens is 228 g/mol. The zero-order valence-electron chi connectivity index (χ0n) is 10.3. The van der Waals surface area contributed by atoms with Crippen molar-refractivity contribution in [2.24, 2.45) is 5.84 Å². The summed E-state index contributed by atoms with van der Waals surface area (Å²) in [6.45, 7) is 6.03. The van der Waals surface area contributed by atoms with Gasteiger partial charge >= 0.3 is 0 Å². The summed E-state index contributed by atoms with van der Waals surface area (Å²) in [4.78, 5) is 1.41. The first-order valence-electron chi connectivity index (χ1n) is 6.06. The van der Waals surface area contributed by atoms with Crippen LogP contribution in [0.15, 0.2) is 41.3 Å². The predicted octanol–water partition coefficient (Wildman–Crippen LogP) is 2.89. The molecule has 3 N–H and O–H groups in total. The van der Waals surface area contributed by atoms with Gasteiger partial charge in [0.25, 0.3) is 0 Å². The fourth-order valence-corrected chi connectivity index (χ4v) is 3.64. The van der Waals surface area contributed by atoms with Crippen molar-refractivity contribution in [2.45, 2.75) is 42.4 Å². The van der Waals surface area contributed by atoms with E-state index in [4.69, 9.17) is 5.84 Å². The average molecular weight is 248 g/mol. The summed E-state index contributed by atoms with van der Waals surface area (Å²) in [5, 5.41) is 0.553. The van der Waals surface area contributed by atoms with E-state index in [1.165, 1.54) is 16.0 Å². The van der Waals surface area contributed by atoms with Gasteiger partial charge in [-0.25, -0.2) is 0 Å². The Morgan fingerprint density at radius 3 is 3.00 bits per heavy atom. The minimum atomic E-state index is 0.365. The Morgan fingerprint density at radius 2 is 2.35 bits per heavy atom. The van der Waals surface area contributed by atoms with Crippen LogP contribution in [-0.2, 0) is 6.42 Å². The minimum absolute atomic E-state index is 0.365. The molecule has 1 aromatic carbocycles. The second-order valence-corrected chi connectivity index (χ2v) is 6.02. The summed E-state index contributed by atoms with van der Waals surface area (Å²) in [5.74, 6) is 5.68. The second-order valence-electron chi connectivity index (χ2n) is 4.74. The van der Waals surface area contributed by atoms with Crippen molar-refractivity contribution in [3.8, 4) is 0 Å². The molecule has 2 atom stereocenters. The molecular formula is C14H20N2S. The summed E-state index contributed by atoms with van der Waals surface area (Å²) in [6.07, 6.45) is 3.23. The van der Waals surface area contributed by atoms with Gasteiger partial charge in [-0.3, -0.25) is 11.3 Å². The number of fused-ring (bicyclic) bond motifs is 1. The van der Waals surface area contributed by atoms with Gasteiger partial charge in [0, 0.05) is 16.2 Å². The first-order chi connectivity index (χ1) is 8.20. The van der Waals surface area contributed by atoms with E-state index in [0.29, 0.717) is 11.3 Å². The Morgan fingerprint density at radius 1 is 1.59 bits per heavy atom. The first-order valence-corrected chi connectivity index (χ1v) is 6.93. The molecule has 0 aromatic heterocycles. The summed E-state index contributed by atoms with van der Waals surface area (Å²) < 4.78 is 0. The van der Waals surface area contributed by atoms with Crippen LogP contribution in [0.1, 0.15) is 25.3 Å². The summed E-state index contributed by atoms with van der Waals surface area (Å²) in [6, 6.07) is 9.00. The molecule has 0 aliphatic carbocycles. The zero-order chi connectivity index (χ0) is 12.3. The maximum Gasteiger partial charge on any atom is 0.0339 e. The topological polar surface area (TPSA) is 38.0 Å². The molecule has 0 bridgehead atoms. The maximum absolute atomic E-state index is 5.68. The third-order valence-corrected chi connectivity index (χ3v) is 4.67. The lowest BCUT2D eigenvalue weighted by atomic mass is 10.0. The highest BCUT2D eigenvalue weighted by molar-refractivity contribution is 8.00. The van der Waals surface area contributed by atoms with Crippen LogP contribution in [0.5, 0.6) is 0 Å². The summed E-state index contributed by atoms with van der Waals surface area (Å²) in [5.41, 5.74) is 5.66. The number of hydrogen-bond donors (Lipinski definition) is 2. The Labute approximate surface area is 108 Å². The van der Waals surface area contributed by atoms with Crippen molar-refractivity contribution in [3.63, 3.8) is 0 Å². The average Bonchev–Trinajstić information content (AvgIpc) is 2.72. The maximum atomic E-state index is 5.68. The van der Waals surface area contributed by atoms with E-state index in [-0.39, 0.29) is 0 Å². The molecule has 0 saturated carbocycles. The van der Waals surface area contributed by atoms with Gasteiger partial charge in [0.2, 0.25) is 0 Å². The SMILES string of the molecule is C=C(C)CCC(NN)C1Cc2ccccc2S1. The van der Waals surface area contributed by atoms with E-state index in [1.54, 1.807) is 0 Å². The number of nitrogens with two attached hydrogens (primary N) is 1. The van der Waals surface area contributed by atoms with E-state index < -0.39 is 0 Å². The van der Waals surface area contributed by atoms with Crippen LogP contribution in [0, 0.1) is 0 Å². The number of hydrogen-bond acceptors (Lipinski definition) is 3. The summed E-state index contributed by atoms with van der Waals surface area (Å²) >= 11 is 1.95. The molecule has 17 heavy (non-hydrogen) atoms. The third kappa shape index (κ3) is 3.12. The van der Waals surface area contributed by atoms with E-state index in [9.17, 15) is 0 Å². The third-order valence-electron chi connectivity index (χ3n) is 3.22. The largest absolute Gasteiger partial charge is 0.271 e. The van der Waals surface area contributed by atoms with Crippen molar-refractivity contribution in [1.82, 2.24) is 5.43 Å². The molecule has 2 nitrogen and oxygen atoms in total. The molecule has 1 aromatic rings. The molecule has 0 fully saturated rings. The number of nitrogens with one attached hydrogen (secondary N) is 1. The highest BCUT2D eigenvalue weighted by atomic mass is 32.2. The Hall–Kier alpha value is -0.770. The fourth-order valence-electron chi connectivity index (χ4n) is 2.21. The number of hydrazine groups is 1. The Bertz CT molecular complexity index is 378. The normalized spacial score (nSPS) is 20.0. The Kier molecular flexibility index (Phi) is 4.26. The minimum Gasteiger partial charge on any atom is -0.271 e. The molecule has 1 aliphatic rings. The van der Waals surface area contributed by atoms with Crippen LogP contribution in [0.4, 0.5) is 0 Å². The first kappa shape index (κ1) is 12.7.